The van der Waals surface area contributed by atoms with E-state index in [1.54, 1.807) is 7.05 Å². The summed E-state index contributed by atoms with van der Waals surface area (Å²) in [7, 11) is 1.55. The monoisotopic (exact) mass is 319 g/mol. The number of halogens is 2. The fraction of sp³-hybridized carbons (Fsp3) is 0.278. The zero-order chi connectivity index (χ0) is 17.0. The van der Waals surface area contributed by atoms with Crippen LogP contribution >= 0.6 is 0 Å². The third-order valence-corrected chi connectivity index (χ3v) is 3.85. The summed E-state index contributed by atoms with van der Waals surface area (Å²) in [5, 5.41) is 9.27. The van der Waals surface area contributed by atoms with Gasteiger partial charge in [-0.3, -0.25) is 4.79 Å². The van der Waals surface area contributed by atoms with Crippen LogP contribution in [0.25, 0.3) is 0 Å². The van der Waals surface area contributed by atoms with Crippen LogP contribution in [-0.2, 0) is 0 Å². The molecule has 1 atom stereocenters. The van der Waals surface area contributed by atoms with E-state index >= 15 is 0 Å². The molecule has 0 aliphatic rings. The van der Waals surface area contributed by atoms with Crippen LogP contribution in [-0.4, -0.2) is 29.6 Å². The molecule has 2 aromatic carbocycles. The number of benzene rings is 2. The number of aryl methyl sites for hydroxylation is 1. The Labute approximate surface area is 134 Å². The molecule has 5 heteroatoms. The van der Waals surface area contributed by atoms with Gasteiger partial charge >= 0.3 is 0 Å². The van der Waals surface area contributed by atoms with Gasteiger partial charge in [0.05, 0.1) is 11.6 Å². The third kappa shape index (κ3) is 3.74. The van der Waals surface area contributed by atoms with Crippen molar-refractivity contribution in [1.29, 1.82) is 0 Å². The Kier molecular flexibility index (Phi) is 5.45. The highest BCUT2D eigenvalue weighted by Gasteiger charge is 2.25. The van der Waals surface area contributed by atoms with E-state index in [9.17, 15) is 18.7 Å². The van der Waals surface area contributed by atoms with Crippen molar-refractivity contribution in [3.8, 4) is 0 Å². The summed E-state index contributed by atoms with van der Waals surface area (Å²) in [5.74, 6) is -2.12. The summed E-state index contributed by atoms with van der Waals surface area (Å²) in [6.07, 6.45) is 0.327. The minimum Gasteiger partial charge on any atom is -0.396 e. The first-order valence-electron chi connectivity index (χ1n) is 7.34. The number of carbonyl (C=O) groups excluding carboxylic acids is 1. The van der Waals surface area contributed by atoms with Crippen LogP contribution < -0.4 is 0 Å². The van der Waals surface area contributed by atoms with E-state index in [0.29, 0.717) is 6.42 Å². The average Bonchev–Trinajstić information content (AvgIpc) is 2.55. The van der Waals surface area contributed by atoms with E-state index in [1.807, 2.05) is 30.3 Å². The Bertz CT molecular complexity index is 689. The van der Waals surface area contributed by atoms with E-state index in [1.165, 1.54) is 17.9 Å². The standard InChI is InChI=1S/C18H19F2NO2/c1-12-10-14(16(20)11-15(12)19)18(23)21(2)17(8-9-22)13-6-4-3-5-7-13/h3-7,10-11,17,22H,8-9H2,1-2H3. The molecule has 0 aliphatic heterocycles. The highest BCUT2D eigenvalue weighted by molar-refractivity contribution is 5.94. The van der Waals surface area contributed by atoms with Crippen LogP contribution in [0, 0.1) is 18.6 Å². The smallest absolute Gasteiger partial charge is 0.257 e. The highest BCUT2D eigenvalue weighted by Crippen LogP contribution is 2.25. The second-order valence-electron chi connectivity index (χ2n) is 5.44. The van der Waals surface area contributed by atoms with Crippen LogP contribution in [0.2, 0.25) is 0 Å². The molecular formula is C18H19F2NO2. The molecule has 0 heterocycles. The molecule has 0 aromatic heterocycles. The zero-order valence-corrected chi connectivity index (χ0v) is 13.1. The molecule has 122 valence electrons. The molecule has 1 amide bonds. The van der Waals surface area contributed by atoms with Crippen molar-refractivity contribution in [2.24, 2.45) is 0 Å². The van der Waals surface area contributed by atoms with E-state index in [4.69, 9.17) is 0 Å². The van der Waals surface area contributed by atoms with E-state index in [-0.39, 0.29) is 17.7 Å². The van der Waals surface area contributed by atoms with E-state index in [0.717, 1.165) is 11.6 Å². The van der Waals surface area contributed by atoms with Crippen LogP contribution in [0.1, 0.15) is 33.9 Å². The molecule has 0 saturated heterocycles. The summed E-state index contributed by atoms with van der Waals surface area (Å²) >= 11 is 0. The quantitative estimate of drug-likeness (QED) is 0.917. The van der Waals surface area contributed by atoms with Gasteiger partial charge in [-0.15, -0.1) is 0 Å². The molecule has 23 heavy (non-hydrogen) atoms. The topological polar surface area (TPSA) is 40.5 Å². The van der Waals surface area contributed by atoms with Crippen molar-refractivity contribution in [3.05, 3.63) is 70.8 Å². The molecule has 1 unspecified atom stereocenters. The number of aliphatic hydroxyl groups is 1. The number of aliphatic hydroxyl groups excluding tert-OH is 1. The van der Waals surface area contributed by atoms with Gasteiger partial charge in [-0.25, -0.2) is 8.78 Å². The Balaban J connectivity index is 2.35. The maximum Gasteiger partial charge on any atom is 0.257 e. The van der Waals surface area contributed by atoms with Crippen molar-refractivity contribution < 1.29 is 18.7 Å². The molecular weight excluding hydrogens is 300 g/mol. The summed E-state index contributed by atoms with van der Waals surface area (Å²) in [6.45, 7) is 1.37. The van der Waals surface area contributed by atoms with E-state index < -0.39 is 23.6 Å². The fourth-order valence-corrected chi connectivity index (χ4v) is 2.53. The van der Waals surface area contributed by atoms with Crippen LogP contribution in [0.3, 0.4) is 0 Å². The first-order chi connectivity index (χ1) is 11.0. The lowest BCUT2D eigenvalue weighted by Crippen LogP contribution is -2.32. The van der Waals surface area contributed by atoms with Crippen molar-refractivity contribution >= 4 is 5.91 Å². The number of nitrogens with zero attached hydrogens (tertiary/aromatic N) is 1. The molecule has 0 bridgehead atoms. The second-order valence-corrected chi connectivity index (χ2v) is 5.44. The van der Waals surface area contributed by atoms with Gasteiger partial charge in [0.1, 0.15) is 11.6 Å². The van der Waals surface area contributed by atoms with Crippen LogP contribution in [0.5, 0.6) is 0 Å². The number of amides is 1. The molecule has 0 saturated carbocycles. The van der Waals surface area contributed by atoms with Gasteiger partial charge < -0.3 is 10.0 Å². The van der Waals surface area contributed by atoms with Gasteiger partial charge in [0.25, 0.3) is 5.91 Å². The van der Waals surface area contributed by atoms with Crippen molar-refractivity contribution in [3.63, 3.8) is 0 Å². The fourth-order valence-electron chi connectivity index (χ4n) is 2.53. The lowest BCUT2D eigenvalue weighted by atomic mass is 10.0. The van der Waals surface area contributed by atoms with Crippen molar-refractivity contribution in [2.45, 2.75) is 19.4 Å². The number of hydrogen-bond acceptors (Lipinski definition) is 2. The number of hydrogen-bond donors (Lipinski definition) is 1. The minimum absolute atomic E-state index is 0.109. The van der Waals surface area contributed by atoms with Gasteiger partial charge in [-0.1, -0.05) is 30.3 Å². The maximum absolute atomic E-state index is 14.0. The number of carbonyl (C=O) groups is 1. The summed E-state index contributed by atoms with van der Waals surface area (Å²) in [4.78, 5) is 14.0. The Morgan fingerprint density at radius 3 is 2.43 bits per heavy atom. The normalized spacial score (nSPS) is 12.0. The minimum atomic E-state index is -0.888. The lowest BCUT2D eigenvalue weighted by molar-refractivity contribution is 0.0700. The predicted molar refractivity (Wildman–Crippen MR) is 84.1 cm³/mol. The van der Waals surface area contributed by atoms with Crippen molar-refractivity contribution in [1.82, 2.24) is 4.90 Å². The highest BCUT2D eigenvalue weighted by atomic mass is 19.1. The van der Waals surface area contributed by atoms with Crippen LogP contribution in [0.4, 0.5) is 8.78 Å². The molecule has 2 aromatic rings. The van der Waals surface area contributed by atoms with E-state index in [2.05, 4.69) is 0 Å². The first kappa shape index (κ1) is 17.1. The Morgan fingerprint density at radius 1 is 1.17 bits per heavy atom. The predicted octanol–water partition coefficient (Wildman–Crippen LogP) is 3.47. The van der Waals surface area contributed by atoms with Gasteiger partial charge in [0.2, 0.25) is 0 Å². The Morgan fingerprint density at radius 2 is 1.83 bits per heavy atom. The molecule has 0 radical (unpaired) electrons. The molecule has 0 spiro atoms. The molecule has 0 aliphatic carbocycles. The van der Waals surface area contributed by atoms with Gasteiger partial charge in [-0.2, -0.15) is 0 Å². The largest absolute Gasteiger partial charge is 0.396 e. The maximum atomic E-state index is 14.0. The molecule has 0 fully saturated rings. The van der Waals surface area contributed by atoms with Gasteiger partial charge in [0.15, 0.2) is 0 Å². The average molecular weight is 319 g/mol. The summed E-state index contributed by atoms with van der Waals surface area (Å²) in [5.41, 5.74) is 0.878. The van der Waals surface area contributed by atoms with Crippen LogP contribution in [0.15, 0.2) is 42.5 Å². The second kappa shape index (κ2) is 7.33. The first-order valence-corrected chi connectivity index (χ1v) is 7.34. The zero-order valence-electron chi connectivity index (χ0n) is 13.1. The summed E-state index contributed by atoms with van der Waals surface area (Å²) in [6, 6.07) is 10.8. The van der Waals surface area contributed by atoms with Crippen molar-refractivity contribution in [2.75, 3.05) is 13.7 Å². The summed E-state index contributed by atoms with van der Waals surface area (Å²) < 4.78 is 27.3. The van der Waals surface area contributed by atoms with Gasteiger partial charge in [-0.05, 0) is 30.5 Å². The third-order valence-electron chi connectivity index (χ3n) is 3.85. The number of rotatable bonds is 5. The SMILES string of the molecule is Cc1cc(C(=O)N(C)C(CCO)c2ccccc2)c(F)cc1F. The molecule has 2 rings (SSSR count). The Hall–Kier alpha value is -2.27. The van der Waals surface area contributed by atoms with Gasteiger partial charge in [0, 0.05) is 19.7 Å². The molecule has 1 N–H and O–H groups in total. The lowest BCUT2D eigenvalue weighted by Gasteiger charge is -2.28. The molecule has 3 nitrogen and oxygen atoms in total.